The standard InChI is InChI=1S/C14H24N2OS/c1-5-11-10(2)18-13(16-11)14(15-3)9-7-6-8-12(14)17-4/h12,15H,5-9H2,1-4H3. The fraction of sp³-hybridized carbons (Fsp3) is 0.786. The Hall–Kier alpha value is -0.450. The van der Waals surface area contributed by atoms with Gasteiger partial charge in [-0.15, -0.1) is 11.3 Å². The van der Waals surface area contributed by atoms with E-state index in [1.807, 2.05) is 25.5 Å². The number of nitrogens with one attached hydrogen (secondary N) is 1. The normalized spacial score (nSPS) is 28.6. The summed E-state index contributed by atoms with van der Waals surface area (Å²) in [7, 11) is 3.86. The maximum absolute atomic E-state index is 5.74. The summed E-state index contributed by atoms with van der Waals surface area (Å²) in [4.78, 5) is 6.22. The second-order valence-electron chi connectivity index (χ2n) is 5.07. The summed E-state index contributed by atoms with van der Waals surface area (Å²) in [6.45, 7) is 4.35. The fourth-order valence-electron chi connectivity index (χ4n) is 3.04. The van der Waals surface area contributed by atoms with Gasteiger partial charge in [-0.3, -0.25) is 0 Å². The molecule has 3 nitrogen and oxygen atoms in total. The largest absolute Gasteiger partial charge is 0.379 e. The van der Waals surface area contributed by atoms with Gasteiger partial charge in [0.2, 0.25) is 0 Å². The topological polar surface area (TPSA) is 34.2 Å². The molecule has 0 bridgehead atoms. The van der Waals surface area contributed by atoms with Gasteiger partial charge < -0.3 is 10.1 Å². The smallest absolute Gasteiger partial charge is 0.116 e. The Morgan fingerprint density at radius 1 is 1.50 bits per heavy atom. The molecule has 1 aliphatic rings. The number of nitrogens with zero attached hydrogens (tertiary/aromatic N) is 1. The highest BCUT2D eigenvalue weighted by Gasteiger charge is 2.44. The molecule has 102 valence electrons. The zero-order chi connectivity index (χ0) is 13.2. The highest BCUT2D eigenvalue weighted by molar-refractivity contribution is 7.11. The molecule has 2 unspecified atom stereocenters. The second kappa shape index (κ2) is 5.68. The first-order valence-corrected chi connectivity index (χ1v) is 7.68. The Morgan fingerprint density at radius 3 is 2.83 bits per heavy atom. The predicted molar refractivity (Wildman–Crippen MR) is 76.2 cm³/mol. The summed E-state index contributed by atoms with van der Waals surface area (Å²) in [5.41, 5.74) is 1.17. The summed E-state index contributed by atoms with van der Waals surface area (Å²) in [5, 5.41) is 4.74. The Morgan fingerprint density at radius 2 is 2.28 bits per heavy atom. The highest BCUT2D eigenvalue weighted by atomic mass is 32.1. The number of thiazole rings is 1. The maximum atomic E-state index is 5.74. The molecule has 1 aliphatic carbocycles. The van der Waals surface area contributed by atoms with E-state index >= 15 is 0 Å². The van der Waals surface area contributed by atoms with Crippen LogP contribution in [0.25, 0.3) is 0 Å². The molecule has 0 saturated heterocycles. The van der Waals surface area contributed by atoms with E-state index in [1.165, 1.54) is 28.4 Å². The third kappa shape index (κ3) is 2.22. The number of aryl methyl sites for hydroxylation is 2. The minimum absolute atomic E-state index is 0.0736. The van der Waals surface area contributed by atoms with Gasteiger partial charge in [0.1, 0.15) is 5.01 Å². The average molecular weight is 268 g/mol. The lowest BCUT2D eigenvalue weighted by Gasteiger charge is -2.41. The molecule has 0 radical (unpaired) electrons. The first kappa shape index (κ1) is 14.0. The van der Waals surface area contributed by atoms with Crippen molar-refractivity contribution >= 4 is 11.3 Å². The van der Waals surface area contributed by atoms with E-state index in [2.05, 4.69) is 19.2 Å². The molecular formula is C14H24N2OS. The summed E-state index contributed by atoms with van der Waals surface area (Å²) in [5.74, 6) is 0. The third-order valence-electron chi connectivity index (χ3n) is 4.18. The first-order chi connectivity index (χ1) is 8.67. The molecule has 1 heterocycles. The van der Waals surface area contributed by atoms with Crippen LogP contribution in [0.5, 0.6) is 0 Å². The van der Waals surface area contributed by atoms with Crippen LogP contribution in [-0.2, 0) is 16.7 Å². The predicted octanol–water partition coefficient (Wildman–Crippen LogP) is 3.02. The molecule has 18 heavy (non-hydrogen) atoms. The lowest BCUT2D eigenvalue weighted by molar-refractivity contribution is -0.0119. The van der Waals surface area contributed by atoms with Gasteiger partial charge >= 0.3 is 0 Å². The van der Waals surface area contributed by atoms with Gasteiger partial charge in [0.25, 0.3) is 0 Å². The van der Waals surface area contributed by atoms with Gasteiger partial charge in [0, 0.05) is 12.0 Å². The highest BCUT2D eigenvalue weighted by Crippen LogP contribution is 2.41. The second-order valence-corrected chi connectivity index (χ2v) is 6.27. The SMILES string of the molecule is CCc1nc(C2(NC)CCCCC2OC)sc1C. The average Bonchev–Trinajstić information content (AvgIpc) is 2.80. The van der Waals surface area contributed by atoms with Crippen LogP contribution in [0.4, 0.5) is 0 Å². The van der Waals surface area contributed by atoms with Crippen LogP contribution in [0.15, 0.2) is 0 Å². The molecule has 0 spiro atoms. The van der Waals surface area contributed by atoms with Gasteiger partial charge in [0.05, 0.1) is 17.3 Å². The quantitative estimate of drug-likeness (QED) is 0.911. The Kier molecular flexibility index (Phi) is 4.41. The minimum Gasteiger partial charge on any atom is -0.379 e. The maximum Gasteiger partial charge on any atom is 0.116 e. The van der Waals surface area contributed by atoms with Crippen LogP contribution < -0.4 is 5.32 Å². The van der Waals surface area contributed by atoms with Crippen LogP contribution in [-0.4, -0.2) is 25.2 Å². The van der Waals surface area contributed by atoms with Crippen molar-refractivity contribution in [3.8, 4) is 0 Å². The molecule has 4 heteroatoms. The van der Waals surface area contributed by atoms with E-state index in [4.69, 9.17) is 9.72 Å². The van der Waals surface area contributed by atoms with Crippen LogP contribution in [0.2, 0.25) is 0 Å². The molecule has 0 aromatic carbocycles. The Balaban J connectivity index is 2.40. The minimum atomic E-state index is -0.0736. The molecule has 0 amide bonds. The molecule has 1 N–H and O–H groups in total. The van der Waals surface area contributed by atoms with E-state index < -0.39 is 0 Å². The number of hydrogen-bond acceptors (Lipinski definition) is 4. The lowest BCUT2D eigenvalue weighted by Crippen LogP contribution is -2.52. The van der Waals surface area contributed by atoms with E-state index in [9.17, 15) is 0 Å². The van der Waals surface area contributed by atoms with Gasteiger partial charge in [0.15, 0.2) is 0 Å². The molecule has 1 aromatic rings. The van der Waals surface area contributed by atoms with Crippen molar-refractivity contribution in [3.05, 3.63) is 15.6 Å². The van der Waals surface area contributed by atoms with Gasteiger partial charge in [-0.25, -0.2) is 4.98 Å². The number of rotatable bonds is 4. The molecule has 2 rings (SSSR count). The van der Waals surface area contributed by atoms with E-state index in [0.717, 1.165) is 19.3 Å². The zero-order valence-corrected chi connectivity index (χ0v) is 12.7. The van der Waals surface area contributed by atoms with Crippen LogP contribution in [0.1, 0.15) is 48.2 Å². The summed E-state index contributed by atoms with van der Waals surface area (Å²) in [6, 6.07) is 0. The first-order valence-electron chi connectivity index (χ1n) is 6.86. The third-order valence-corrected chi connectivity index (χ3v) is 5.37. The molecule has 2 atom stereocenters. The number of ether oxygens (including phenoxy) is 1. The van der Waals surface area contributed by atoms with Crippen molar-refractivity contribution in [1.29, 1.82) is 0 Å². The van der Waals surface area contributed by atoms with Gasteiger partial charge in [-0.2, -0.15) is 0 Å². The van der Waals surface area contributed by atoms with Crippen LogP contribution >= 0.6 is 11.3 Å². The van der Waals surface area contributed by atoms with Crippen molar-refractivity contribution < 1.29 is 4.74 Å². The molecule has 1 fully saturated rings. The Labute approximate surface area is 114 Å². The monoisotopic (exact) mass is 268 g/mol. The molecular weight excluding hydrogens is 244 g/mol. The van der Waals surface area contributed by atoms with Crippen LogP contribution in [0, 0.1) is 6.92 Å². The molecule has 1 saturated carbocycles. The Bertz CT molecular complexity index is 404. The van der Waals surface area contributed by atoms with E-state index in [0.29, 0.717) is 0 Å². The van der Waals surface area contributed by atoms with Crippen molar-refractivity contribution in [1.82, 2.24) is 10.3 Å². The fourth-order valence-corrected chi connectivity index (χ4v) is 4.32. The van der Waals surface area contributed by atoms with Gasteiger partial charge in [-0.1, -0.05) is 19.8 Å². The van der Waals surface area contributed by atoms with Crippen molar-refractivity contribution in [2.45, 2.75) is 57.6 Å². The van der Waals surface area contributed by atoms with Crippen molar-refractivity contribution in [2.75, 3.05) is 14.2 Å². The number of likely N-dealkylation sites (N-methyl/N-ethyl adjacent to an activating group) is 1. The molecule has 0 aliphatic heterocycles. The van der Waals surface area contributed by atoms with Gasteiger partial charge in [-0.05, 0) is 33.2 Å². The van der Waals surface area contributed by atoms with Crippen LogP contribution in [0.3, 0.4) is 0 Å². The van der Waals surface area contributed by atoms with Crippen molar-refractivity contribution in [3.63, 3.8) is 0 Å². The van der Waals surface area contributed by atoms with E-state index in [1.54, 1.807) is 0 Å². The zero-order valence-electron chi connectivity index (χ0n) is 11.9. The number of aromatic nitrogens is 1. The lowest BCUT2D eigenvalue weighted by atomic mass is 9.79. The molecule has 1 aromatic heterocycles. The summed E-state index contributed by atoms with van der Waals surface area (Å²) < 4.78 is 5.74. The summed E-state index contributed by atoms with van der Waals surface area (Å²) in [6.07, 6.45) is 6.01. The van der Waals surface area contributed by atoms with E-state index in [-0.39, 0.29) is 11.6 Å². The van der Waals surface area contributed by atoms with Crippen molar-refractivity contribution in [2.24, 2.45) is 0 Å². The summed E-state index contributed by atoms with van der Waals surface area (Å²) >= 11 is 1.83. The number of hydrogen-bond donors (Lipinski definition) is 1. The number of methoxy groups -OCH3 is 1.